The minimum absolute atomic E-state index is 0.544. The molecule has 0 aliphatic heterocycles. The summed E-state index contributed by atoms with van der Waals surface area (Å²) in [7, 11) is 0. The summed E-state index contributed by atoms with van der Waals surface area (Å²) < 4.78 is 2.16. The molecule has 3 heteroatoms. The number of rotatable bonds is 5. The SMILES string of the molecule is CCC(CC)Nc1nc(C)cn1CC. The van der Waals surface area contributed by atoms with E-state index in [4.69, 9.17) is 0 Å². The third-order valence-corrected chi connectivity index (χ3v) is 2.56. The highest BCUT2D eigenvalue weighted by Gasteiger charge is 2.08. The fourth-order valence-electron chi connectivity index (χ4n) is 1.58. The van der Waals surface area contributed by atoms with Gasteiger partial charge in [-0.25, -0.2) is 4.98 Å². The van der Waals surface area contributed by atoms with E-state index in [9.17, 15) is 0 Å². The van der Waals surface area contributed by atoms with Crippen LogP contribution in [0.2, 0.25) is 0 Å². The van der Waals surface area contributed by atoms with Gasteiger partial charge in [0.1, 0.15) is 0 Å². The van der Waals surface area contributed by atoms with Gasteiger partial charge in [-0.05, 0) is 26.7 Å². The Bertz CT molecular complexity index is 274. The third kappa shape index (κ3) is 2.50. The molecule has 0 saturated carbocycles. The van der Waals surface area contributed by atoms with Crippen LogP contribution < -0.4 is 5.32 Å². The highest BCUT2D eigenvalue weighted by Crippen LogP contribution is 2.11. The van der Waals surface area contributed by atoms with Crippen molar-refractivity contribution in [3.63, 3.8) is 0 Å². The van der Waals surface area contributed by atoms with Crippen molar-refractivity contribution in [1.82, 2.24) is 9.55 Å². The third-order valence-electron chi connectivity index (χ3n) is 2.56. The van der Waals surface area contributed by atoms with E-state index in [-0.39, 0.29) is 0 Å². The molecule has 0 fully saturated rings. The van der Waals surface area contributed by atoms with Crippen LogP contribution in [0.5, 0.6) is 0 Å². The summed E-state index contributed by atoms with van der Waals surface area (Å²) in [5, 5.41) is 3.47. The number of aromatic nitrogens is 2. The Morgan fingerprint density at radius 2 is 2.00 bits per heavy atom. The number of nitrogens with one attached hydrogen (secondary N) is 1. The molecular weight excluding hydrogens is 174 g/mol. The van der Waals surface area contributed by atoms with Gasteiger partial charge < -0.3 is 9.88 Å². The van der Waals surface area contributed by atoms with Crippen molar-refractivity contribution in [1.29, 1.82) is 0 Å². The highest BCUT2D eigenvalue weighted by atomic mass is 15.2. The monoisotopic (exact) mass is 195 g/mol. The standard InChI is InChI=1S/C11H21N3/c1-5-10(6-2)13-11-12-9(4)8-14(11)7-3/h8,10H,5-7H2,1-4H3,(H,12,13). The molecule has 0 aromatic carbocycles. The van der Waals surface area contributed by atoms with E-state index in [0.29, 0.717) is 6.04 Å². The van der Waals surface area contributed by atoms with Crippen LogP contribution in [-0.2, 0) is 6.54 Å². The first-order valence-electron chi connectivity index (χ1n) is 5.51. The molecular formula is C11H21N3. The number of anilines is 1. The van der Waals surface area contributed by atoms with Gasteiger partial charge in [-0.3, -0.25) is 0 Å². The number of nitrogens with zero attached hydrogens (tertiary/aromatic N) is 2. The second-order valence-corrected chi connectivity index (χ2v) is 3.65. The first-order chi connectivity index (χ1) is 6.71. The van der Waals surface area contributed by atoms with Gasteiger partial charge in [-0.2, -0.15) is 0 Å². The second-order valence-electron chi connectivity index (χ2n) is 3.65. The maximum Gasteiger partial charge on any atom is 0.203 e. The van der Waals surface area contributed by atoms with Gasteiger partial charge in [0.05, 0.1) is 5.69 Å². The Hall–Kier alpha value is -0.990. The summed E-state index contributed by atoms with van der Waals surface area (Å²) in [5.74, 6) is 1.01. The van der Waals surface area contributed by atoms with Gasteiger partial charge in [0.25, 0.3) is 0 Å². The van der Waals surface area contributed by atoms with Crippen LogP contribution in [0.3, 0.4) is 0 Å². The molecule has 0 aliphatic rings. The lowest BCUT2D eigenvalue weighted by Crippen LogP contribution is -2.19. The van der Waals surface area contributed by atoms with Crippen LogP contribution in [0.4, 0.5) is 5.95 Å². The molecule has 0 aliphatic carbocycles. The molecule has 0 atom stereocenters. The molecule has 0 saturated heterocycles. The molecule has 0 bridgehead atoms. The molecule has 1 heterocycles. The molecule has 1 rings (SSSR count). The largest absolute Gasteiger partial charge is 0.353 e. The lowest BCUT2D eigenvalue weighted by Gasteiger charge is -2.15. The molecule has 0 radical (unpaired) electrons. The van der Waals surface area contributed by atoms with E-state index in [1.807, 2.05) is 6.92 Å². The van der Waals surface area contributed by atoms with Gasteiger partial charge in [-0.15, -0.1) is 0 Å². The molecule has 1 aromatic rings. The van der Waals surface area contributed by atoms with Gasteiger partial charge in [0.15, 0.2) is 0 Å². The van der Waals surface area contributed by atoms with E-state index in [1.54, 1.807) is 0 Å². The number of imidazole rings is 1. The Labute approximate surface area is 86.5 Å². The smallest absolute Gasteiger partial charge is 0.203 e. The van der Waals surface area contributed by atoms with Gasteiger partial charge >= 0.3 is 0 Å². The molecule has 1 N–H and O–H groups in total. The van der Waals surface area contributed by atoms with E-state index in [2.05, 4.69) is 41.8 Å². The van der Waals surface area contributed by atoms with Crippen molar-refractivity contribution < 1.29 is 0 Å². The van der Waals surface area contributed by atoms with E-state index in [0.717, 1.165) is 31.0 Å². The van der Waals surface area contributed by atoms with Crippen LogP contribution >= 0.6 is 0 Å². The van der Waals surface area contributed by atoms with E-state index >= 15 is 0 Å². The number of aryl methyl sites for hydroxylation is 2. The minimum atomic E-state index is 0.544. The van der Waals surface area contributed by atoms with Crippen LogP contribution in [0, 0.1) is 6.92 Å². The van der Waals surface area contributed by atoms with Crippen LogP contribution in [-0.4, -0.2) is 15.6 Å². The molecule has 3 nitrogen and oxygen atoms in total. The molecule has 1 aromatic heterocycles. The summed E-state index contributed by atoms with van der Waals surface area (Å²) in [4.78, 5) is 4.47. The molecule has 0 spiro atoms. The normalized spacial score (nSPS) is 10.9. The number of hydrogen-bond donors (Lipinski definition) is 1. The first-order valence-corrected chi connectivity index (χ1v) is 5.51. The molecule has 14 heavy (non-hydrogen) atoms. The van der Waals surface area contributed by atoms with E-state index < -0.39 is 0 Å². The zero-order valence-corrected chi connectivity index (χ0v) is 9.67. The van der Waals surface area contributed by atoms with Crippen LogP contribution in [0.25, 0.3) is 0 Å². The predicted octanol–water partition coefficient (Wildman–Crippen LogP) is 2.81. The van der Waals surface area contributed by atoms with Crippen LogP contribution in [0.1, 0.15) is 39.3 Å². The van der Waals surface area contributed by atoms with E-state index in [1.165, 1.54) is 0 Å². The lowest BCUT2D eigenvalue weighted by atomic mass is 10.2. The highest BCUT2D eigenvalue weighted by molar-refractivity contribution is 5.30. The summed E-state index contributed by atoms with van der Waals surface area (Å²) in [6.07, 6.45) is 4.38. The fourth-order valence-corrected chi connectivity index (χ4v) is 1.58. The zero-order chi connectivity index (χ0) is 10.6. The van der Waals surface area contributed by atoms with Crippen molar-refractivity contribution in [3.8, 4) is 0 Å². The summed E-state index contributed by atoms with van der Waals surface area (Å²) >= 11 is 0. The lowest BCUT2D eigenvalue weighted by molar-refractivity contribution is 0.650. The van der Waals surface area contributed by atoms with Crippen molar-refractivity contribution in [3.05, 3.63) is 11.9 Å². The molecule has 0 unspecified atom stereocenters. The Kier molecular flexibility index (Phi) is 3.98. The quantitative estimate of drug-likeness (QED) is 0.783. The maximum absolute atomic E-state index is 4.47. The average Bonchev–Trinajstić information content (AvgIpc) is 2.55. The van der Waals surface area contributed by atoms with Gasteiger partial charge in [0.2, 0.25) is 5.95 Å². The van der Waals surface area contributed by atoms with Gasteiger partial charge in [0, 0.05) is 18.8 Å². The van der Waals surface area contributed by atoms with Gasteiger partial charge in [-0.1, -0.05) is 13.8 Å². The van der Waals surface area contributed by atoms with Crippen LogP contribution in [0.15, 0.2) is 6.20 Å². The average molecular weight is 195 g/mol. The van der Waals surface area contributed by atoms with Crippen molar-refractivity contribution in [2.75, 3.05) is 5.32 Å². The summed E-state index contributed by atoms with van der Waals surface area (Å²) in [6, 6.07) is 0.544. The Balaban J connectivity index is 2.73. The first kappa shape index (κ1) is 11.1. The Morgan fingerprint density at radius 3 is 2.50 bits per heavy atom. The Morgan fingerprint density at radius 1 is 1.36 bits per heavy atom. The molecule has 0 amide bonds. The topological polar surface area (TPSA) is 29.9 Å². The maximum atomic E-state index is 4.47. The number of hydrogen-bond acceptors (Lipinski definition) is 2. The second kappa shape index (κ2) is 5.03. The summed E-state index contributed by atoms with van der Waals surface area (Å²) in [5.41, 5.74) is 1.08. The van der Waals surface area contributed by atoms with Crippen molar-refractivity contribution >= 4 is 5.95 Å². The predicted molar refractivity (Wildman–Crippen MR) is 60.6 cm³/mol. The zero-order valence-electron chi connectivity index (χ0n) is 9.67. The molecule has 80 valence electrons. The summed E-state index contributed by atoms with van der Waals surface area (Å²) in [6.45, 7) is 9.55. The van der Waals surface area contributed by atoms with Crippen molar-refractivity contribution in [2.45, 2.75) is 53.1 Å². The minimum Gasteiger partial charge on any atom is -0.353 e. The fraction of sp³-hybridized carbons (Fsp3) is 0.727. The van der Waals surface area contributed by atoms with Crippen molar-refractivity contribution in [2.24, 2.45) is 0 Å².